The second-order valence-corrected chi connectivity index (χ2v) is 20.5. The van der Waals surface area contributed by atoms with Crippen LogP contribution in [0.4, 0.5) is 11.4 Å². The van der Waals surface area contributed by atoms with Gasteiger partial charge in [0.15, 0.2) is 0 Å². The van der Waals surface area contributed by atoms with E-state index in [1.165, 1.54) is 22.2 Å². The molecule has 0 aliphatic carbocycles. The zero-order chi connectivity index (χ0) is 51.0. The van der Waals surface area contributed by atoms with Crippen LogP contribution in [0, 0.1) is 46.3 Å². The Bertz CT molecular complexity index is 3350. The molecule has 370 valence electrons. The molecule has 4 bridgehead atoms. The summed E-state index contributed by atoms with van der Waals surface area (Å²) in [5.41, 5.74) is -1.68. The van der Waals surface area contributed by atoms with Crippen LogP contribution in [0.5, 0.6) is 11.8 Å². The SMILES string of the molecule is CC[C@@]12O[C@@](CCOc3ccc(Cl)cn3)(C[C@H]1O)[C@@H]1C(=O)N(c3ccc(C#N)c4ccccc34)C(=O)[C@@H]12.CC[C@]12CC[C@](CCOc3ccc(Cl)cn3)(O1)[C@@H]1C(=O)N(c3ccc(C#N)c4ccccc34)C(=O)[C@@H]12. The number of aromatic nitrogens is 2. The number of carbonyl (C=O) groups excluding carboxylic acids is 4. The van der Waals surface area contributed by atoms with Gasteiger partial charge in [0.2, 0.25) is 35.4 Å². The summed E-state index contributed by atoms with van der Waals surface area (Å²) in [6.07, 6.45) is 5.59. The van der Waals surface area contributed by atoms with Crippen LogP contribution in [0.1, 0.15) is 69.9 Å². The number of amides is 4. The molecule has 0 spiro atoms. The van der Waals surface area contributed by atoms with Crippen LogP contribution in [0.15, 0.2) is 109 Å². The van der Waals surface area contributed by atoms with Gasteiger partial charge in [0.1, 0.15) is 5.60 Å². The number of aliphatic hydroxyl groups is 1. The maximum Gasteiger partial charge on any atom is 0.240 e. The second-order valence-electron chi connectivity index (χ2n) is 19.6. The van der Waals surface area contributed by atoms with Crippen LogP contribution in [-0.2, 0) is 28.7 Å². The van der Waals surface area contributed by atoms with Crippen molar-refractivity contribution in [2.45, 2.75) is 87.3 Å². The first-order valence-electron chi connectivity index (χ1n) is 24.4. The minimum absolute atomic E-state index is 0.186. The number of hydrogen-bond donors (Lipinski definition) is 1. The van der Waals surface area contributed by atoms with E-state index in [1.54, 1.807) is 60.7 Å². The molecular formula is C56H48Cl2N6O9. The topological polar surface area (TPSA) is 205 Å². The van der Waals surface area contributed by atoms with E-state index in [2.05, 4.69) is 22.1 Å². The lowest BCUT2D eigenvalue weighted by Gasteiger charge is -2.34. The number of aliphatic hydroxyl groups excluding tert-OH is 1. The Labute approximate surface area is 430 Å². The van der Waals surface area contributed by atoms with E-state index < -0.39 is 52.2 Å². The number of nitriles is 2. The first-order chi connectivity index (χ1) is 35.3. The average Bonchev–Trinajstić information content (AvgIpc) is 4.22. The summed E-state index contributed by atoms with van der Waals surface area (Å²) in [7, 11) is 0. The number of carbonyl (C=O) groups is 4. The molecule has 0 saturated carbocycles. The van der Waals surface area contributed by atoms with E-state index in [0.717, 1.165) is 11.8 Å². The zero-order valence-electron chi connectivity index (χ0n) is 39.8. The summed E-state index contributed by atoms with van der Waals surface area (Å²) in [6.45, 7) is 4.38. The molecule has 6 aromatic rings. The Hall–Kier alpha value is -6.98. The number of fused-ring (bicyclic) bond motifs is 12. The molecule has 4 amide bonds. The largest absolute Gasteiger partial charge is 0.478 e. The van der Waals surface area contributed by atoms with Crippen LogP contribution in [0.2, 0.25) is 10.0 Å². The highest BCUT2D eigenvalue weighted by molar-refractivity contribution is 6.31. The molecule has 0 radical (unpaired) electrons. The molecule has 17 heteroatoms. The maximum absolute atomic E-state index is 14.0. The third-order valence-electron chi connectivity index (χ3n) is 16.3. The highest BCUT2D eigenvalue weighted by Crippen LogP contribution is 2.65. The number of pyridine rings is 2. The number of hydrogen-bond acceptors (Lipinski definition) is 13. The zero-order valence-corrected chi connectivity index (χ0v) is 41.3. The summed E-state index contributed by atoms with van der Waals surface area (Å²) in [6, 6.07) is 32.4. The van der Waals surface area contributed by atoms with Crippen molar-refractivity contribution in [1.82, 2.24) is 9.97 Å². The monoisotopic (exact) mass is 1020 g/mol. The molecule has 9 atom stereocenters. The first kappa shape index (κ1) is 48.3. The van der Waals surface area contributed by atoms with Gasteiger partial charge in [-0.25, -0.2) is 19.8 Å². The van der Waals surface area contributed by atoms with Crippen molar-refractivity contribution in [3.63, 3.8) is 0 Å². The van der Waals surface area contributed by atoms with Crippen molar-refractivity contribution in [1.29, 1.82) is 10.5 Å². The van der Waals surface area contributed by atoms with Gasteiger partial charge in [0.05, 0.1) is 104 Å². The normalized spacial score (nSPS) is 29.3. The van der Waals surface area contributed by atoms with Crippen molar-refractivity contribution < 1.29 is 43.2 Å². The Morgan fingerprint density at radius 3 is 1.52 bits per heavy atom. The van der Waals surface area contributed by atoms with E-state index in [-0.39, 0.29) is 36.7 Å². The fourth-order valence-electron chi connectivity index (χ4n) is 13.1. The van der Waals surface area contributed by atoms with Crippen LogP contribution >= 0.6 is 23.2 Å². The van der Waals surface area contributed by atoms with Gasteiger partial charge in [-0.3, -0.25) is 19.2 Å². The number of imide groups is 2. The van der Waals surface area contributed by atoms with Crippen molar-refractivity contribution in [2.24, 2.45) is 23.7 Å². The van der Waals surface area contributed by atoms with E-state index >= 15 is 0 Å². The predicted octanol–water partition coefficient (Wildman–Crippen LogP) is 9.06. The lowest BCUT2D eigenvalue weighted by molar-refractivity contribution is -0.137. The first-order valence-corrected chi connectivity index (χ1v) is 25.2. The quantitative estimate of drug-likeness (QED) is 0.114. The van der Waals surface area contributed by atoms with E-state index in [0.29, 0.717) is 99.2 Å². The number of anilines is 2. The summed E-state index contributed by atoms with van der Waals surface area (Å²) in [4.78, 5) is 66.8. The molecule has 6 aliphatic heterocycles. The molecule has 8 heterocycles. The van der Waals surface area contributed by atoms with E-state index in [1.807, 2.05) is 50.2 Å². The van der Waals surface area contributed by atoms with E-state index in [4.69, 9.17) is 42.1 Å². The minimum Gasteiger partial charge on any atom is -0.478 e. The third-order valence-corrected chi connectivity index (χ3v) is 16.8. The fourth-order valence-corrected chi connectivity index (χ4v) is 13.3. The lowest BCUT2D eigenvalue weighted by atomic mass is 9.64. The highest BCUT2D eigenvalue weighted by atomic mass is 35.5. The summed E-state index contributed by atoms with van der Waals surface area (Å²) in [5.74, 6) is -3.02. The van der Waals surface area contributed by atoms with Gasteiger partial charge >= 0.3 is 0 Å². The Morgan fingerprint density at radius 1 is 0.603 bits per heavy atom. The van der Waals surface area contributed by atoms with Gasteiger partial charge in [-0.1, -0.05) is 85.6 Å². The Morgan fingerprint density at radius 2 is 1.05 bits per heavy atom. The molecule has 2 aromatic heterocycles. The molecule has 6 saturated heterocycles. The second kappa shape index (κ2) is 18.2. The number of benzene rings is 4. The van der Waals surface area contributed by atoms with Crippen LogP contribution < -0.4 is 19.3 Å². The van der Waals surface area contributed by atoms with Crippen molar-refractivity contribution in [2.75, 3.05) is 23.0 Å². The van der Waals surface area contributed by atoms with Crippen molar-refractivity contribution >= 4 is 79.8 Å². The number of ether oxygens (including phenoxy) is 4. The molecule has 1 N–H and O–H groups in total. The lowest BCUT2D eigenvalue weighted by Crippen LogP contribution is -2.51. The van der Waals surface area contributed by atoms with Gasteiger partial charge in [-0.2, -0.15) is 10.5 Å². The van der Waals surface area contributed by atoms with E-state index in [9.17, 15) is 34.8 Å². The van der Waals surface area contributed by atoms with Crippen LogP contribution in [-0.4, -0.2) is 80.4 Å². The molecule has 73 heavy (non-hydrogen) atoms. The summed E-state index contributed by atoms with van der Waals surface area (Å²) >= 11 is 11.8. The molecule has 6 fully saturated rings. The van der Waals surface area contributed by atoms with Crippen LogP contribution in [0.25, 0.3) is 21.5 Å². The van der Waals surface area contributed by atoms with Gasteiger partial charge < -0.3 is 24.1 Å². The summed E-state index contributed by atoms with van der Waals surface area (Å²) in [5, 5.41) is 34.0. The number of halogens is 2. The fraction of sp³-hybridized carbons (Fsp3) is 0.357. The third kappa shape index (κ3) is 7.38. The van der Waals surface area contributed by atoms with Gasteiger partial charge in [-0.05, 0) is 62.1 Å². The Balaban J connectivity index is 0.000000157. The highest BCUT2D eigenvalue weighted by Gasteiger charge is 2.78. The number of nitrogens with zero attached hydrogens (tertiary/aromatic N) is 6. The molecule has 4 aromatic carbocycles. The minimum atomic E-state index is -1.15. The van der Waals surface area contributed by atoms with Gasteiger partial charge in [0, 0.05) is 65.3 Å². The smallest absolute Gasteiger partial charge is 0.240 e. The molecule has 0 unspecified atom stereocenters. The predicted molar refractivity (Wildman–Crippen MR) is 269 cm³/mol. The average molecular weight is 1020 g/mol. The maximum atomic E-state index is 14.0. The van der Waals surface area contributed by atoms with Gasteiger partial charge in [-0.15, -0.1) is 0 Å². The van der Waals surface area contributed by atoms with Gasteiger partial charge in [0.25, 0.3) is 0 Å². The number of rotatable bonds is 12. The van der Waals surface area contributed by atoms with Crippen molar-refractivity contribution in [3.8, 4) is 23.9 Å². The Kier molecular flexibility index (Phi) is 12.0. The summed E-state index contributed by atoms with van der Waals surface area (Å²) < 4.78 is 24.8. The molecule has 6 aliphatic rings. The van der Waals surface area contributed by atoms with Crippen molar-refractivity contribution in [3.05, 3.63) is 131 Å². The standard InChI is InChI=1S/C28H24ClN3O5.C28H24ClN3O4/c1-2-28-21(33)13-27(37-28,11-12-36-22-10-8-17(29)15-31-22)23-24(28)26(35)32(25(23)34)20-9-7-16(14-30)18-5-3-4-6-19(18)20;1-2-27-11-12-28(36-27,13-14-35-22-10-8-18(29)16-31-22)24-23(27)25(33)32(26(24)34)21-9-7-17(15-30)19-5-3-4-6-20(19)21/h3-10,15,21,23-24,33H,2,11-13H2,1H3;3-10,16,23-24H,2,11-14H2,1H3/t21-,23+,24-,27+,28-;23-,24+,27-,28-/m11/s1. The van der Waals surface area contributed by atoms with Crippen LogP contribution in [0.3, 0.4) is 0 Å². The molecule has 12 rings (SSSR count). The molecular weight excluding hydrogens is 972 g/mol. The molecule has 15 nitrogen and oxygen atoms in total.